The van der Waals surface area contributed by atoms with Crippen molar-refractivity contribution in [3.05, 3.63) is 29.6 Å². The van der Waals surface area contributed by atoms with Gasteiger partial charge in [0, 0.05) is 19.6 Å². The second-order valence-electron chi connectivity index (χ2n) is 7.47. The van der Waals surface area contributed by atoms with Crippen molar-refractivity contribution in [2.45, 2.75) is 39.2 Å². The zero-order valence-corrected chi connectivity index (χ0v) is 15.8. The molecule has 0 bridgehead atoms. The molecule has 1 saturated heterocycles. The minimum atomic E-state index is -0.548. The molecule has 1 fully saturated rings. The Balaban J connectivity index is 1.91. The summed E-state index contributed by atoms with van der Waals surface area (Å²) in [5, 5.41) is 2.81. The number of carbonyl (C=O) groups is 2. The Morgan fingerprint density at radius 1 is 1.27 bits per heavy atom. The quantitative estimate of drug-likeness (QED) is 0.828. The molecule has 1 aliphatic rings. The van der Waals surface area contributed by atoms with Gasteiger partial charge >= 0.3 is 12.1 Å². The van der Waals surface area contributed by atoms with E-state index in [1.165, 1.54) is 19.2 Å². The van der Waals surface area contributed by atoms with Crippen molar-refractivity contribution in [3.63, 3.8) is 0 Å². The number of hydrogen-bond donors (Lipinski definition) is 1. The van der Waals surface area contributed by atoms with E-state index in [0.717, 1.165) is 25.9 Å². The first-order valence-corrected chi connectivity index (χ1v) is 8.79. The number of methoxy groups -OCH3 is 1. The molecule has 0 radical (unpaired) electrons. The van der Waals surface area contributed by atoms with Gasteiger partial charge in [-0.25, -0.2) is 14.0 Å². The Hall–Kier alpha value is -2.31. The lowest BCUT2D eigenvalue weighted by atomic mass is 9.96. The molecule has 26 heavy (non-hydrogen) atoms. The Labute approximate surface area is 153 Å². The van der Waals surface area contributed by atoms with Gasteiger partial charge in [-0.2, -0.15) is 0 Å². The average Bonchev–Trinajstić information content (AvgIpc) is 2.58. The summed E-state index contributed by atoms with van der Waals surface area (Å²) < 4.78 is 23.5. The summed E-state index contributed by atoms with van der Waals surface area (Å²) in [6.07, 6.45) is 1.30. The van der Waals surface area contributed by atoms with E-state index in [2.05, 4.69) is 10.2 Å². The number of piperidine rings is 1. The third-order valence-corrected chi connectivity index (χ3v) is 4.25. The minimum absolute atomic E-state index is 0.234. The first-order valence-electron chi connectivity index (χ1n) is 8.79. The van der Waals surface area contributed by atoms with Crippen molar-refractivity contribution in [2.75, 3.05) is 31.6 Å². The topological polar surface area (TPSA) is 67.9 Å². The summed E-state index contributed by atoms with van der Waals surface area (Å²) in [4.78, 5) is 25.7. The van der Waals surface area contributed by atoms with Gasteiger partial charge in [0.15, 0.2) is 0 Å². The zero-order chi connectivity index (χ0) is 19.3. The van der Waals surface area contributed by atoms with Crippen LogP contribution in [-0.2, 0) is 9.47 Å². The summed E-state index contributed by atoms with van der Waals surface area (Å²) in [6.45, 7) is 7.47. The SMILES string of the molecule is COC(=O)c1cc(F)ccc1N1CCC(CNC(=O)OC(C)(C)C)CC1. The Morgan fingerprint density at radius 3 is 2.50 bits per heavy atom. The number of nitrogens with zero attached hydrogens (tertiary/aromatic N) is 1. The van der Waals surface area contributed by atoms with Crippen LogP contribution in [0.25, 0.3) is 0 Å². The normalized spacial score (nSPS) is 15.5. The van der Waals surface area contributed by atoms with Crippen LogP contribution in [0, 0.1) is 11.7 Å². The lowest BCUT2D eigenvalue weighted by Crippen LogP contribution is -2.40. The van der Waals surface area contributed by atoms with Crippen molar-refractivity contribution >= 4 is 17.7 Å². The molecule has 1 aromatic carbocycles. The highest BCUT2D eigenvalue weighted by Gasteiger charge is 2.24. The van der Waals surface area contributed by atoms with E-state index in [1.807, 2.05) is 20.8 Å². The molecule has 6 nitrogen and oxygen atoms in total. The van der Waals surface area contributed by atoms with E-state index in [0.29, 0.717) is 18.2 Å². The Morgan fingerprint density at radius 2 is 1.92 bits per heavy atom. The van der Waals surface area contributed by atoms with Gasteiger partial charge in [0.1, 0.15) is 11.4 Å². The molecule has 144 valence electrons. The first-order chi connectivity index (χ1) is 12.2. The summed E-state index contributed by atoms with van der Waals surface area (Å²) in [7, 11) is 1.28. The number of benzene rings is 1. The molecule has 0 spiro atoms. The van der Waals surface area contributed by atoms with E-state index in [4.69, 9.17) is 9.47 Å². The second-order valence-corrected chi connectivity index (χ2v) is 7.47. The number of hydrogen-bond acceptors (Lipinski definition) is 5. The predicted molar refractivity (Wildman–Crippen MR) is 96.9 cm³/mol. The fourth-order valence-corrected chi connectivity index (χ4v) is 2.98. The van der Waals surface area contributed by atoms with Crippen LogP contribution in [0.2, 0.25) is 0 Å². The highest BCUT2D eigenvalue weighted by atomic mass is 19.1. The molecule has 0 aromatic heterocycles. The number of nitrogens with one attached hydrogen (secondary N) is 1. The zero-order valence-electron chi connectivity index (χ0n) is 15.8. The average molecular weight is 366 g/mol. The molecule has 0 unspecified atom stereocenters. The number of anilines is 1. The van der Waals surface area contributed by atoms with E-state index < -0.39 is 23.5 Å². The molecular formula is C19H27FN2O4. The minimum Gasteiger partial charge on any atom is -0.465 e. The van der Waals surface area contributed by atoms with Gasteiger partial charge in [-0.1, -0.05) is 0 Å². The number of carbonyl (C=O) groups excluding carboxylic acids is 2. The maximum absolute atomic E-state index is 13.5. The van der Waals surface area contributed by atoms with Gasteiger partial charge < -0.3 is 19.7 Å². The van der Waals surface area contributed by atoms with Crippen LogP contribution < -0.4 is 10.2 Å². The Bertz CT molecular complexity index is 649. The lowest BCUT2D eigenvalue weighted by Gasteiger charge is -2.34. The third kappa shape index (κ3) is 5.61. The number of rotatable bonds is 4. The van der Waals surface area contributed by atoms with Crippen LogP contribution in [-0.4, -0.2) is 44.4 Å². The molecule has 0 saturated carbocycles. The number of alkyl carbamates (subject to hydrolysis) is 1. The van der Waals surface area contributed by atoms with Gasteiger partial charge in [0.2, 0.25) is 0 Å². The van der Waals surface area contributed by atoms with Crippen LogP contribution in [0.4, 0.5) is 14.9 Å². The fraction of sp³-hybridized carbons (Fsp3) is 0.579. The number of amides is 1. The molecule has 7 heteroatoms. The van der Waals surface area contributed by atoms with E-state index in [9.17, 15) is 14.0 Å². The van der Waals surface area contributed by atoms with Crippen LogP contribution in [0.15, 0.2) is 18.2 Å². The van der Waals surface area contributed by atoms with Crippen molar-refractivity contribution in [1.82, 2.24) is 5.32 Å². The van der Waals surface area contributed by atoms with Gasteiger partial charge in [-0.3, -0.25) is 0 Å². The lowest BCUT2D eigenvalue weighted by molar-refractivity contribution is 0.0515. The largest absolute Gasteiger partial charge is 0.465 e. The number of halogens is 1. The van der Waals surface area contributed by atoms with Crippen molar-refractivity contribution in [1.29, 1.82) is 0 Å². The molecule has 1 aromatic rings. The molecular weight excluding hydrogens is 339 g/mol. The van der Waals surface area contributed by atoms with Gasteiger partial charge in [-0.15, -0.1) is 0 Å². The summed E-state index contributed by atoms with van der Waals surface area (Å²) in [6, 6.07) is 4.16. The van der Waals surface area contributed by atoms with Gasteiger partial charge in [0.05, 0.1) is 18.4 Å². The molecule has 1 heterocycles. The van der Waals surface area contributed by atoms with Gasteiger partial charge in [-0.05, 0) is 57.7 Å². The standard InChI is InChI=1S/C19H27FN2O4/c1-19(2,3)26-18(24)21-12-13-7-9-22(10-8-13)16-6-5-14(20)11-15(16)17(23)25-4/h5-6,11,13H,7-10,12H2,1-4H3,(H,21,24). The highest BCUT2D eigenvalue weighted by molar-refractivity contribution is 5.95. The van der Waals surface area contributed by atoms with Crippen LogP contribution in [0.5, 0.6) is 0 Å². The molecule has 1 N–H and O–H groups in total. The van der Waals surface area contributed by atoms with E-state index in [-0.39, 0.29) is 5.56 Å². The monoisotopic (exact) mass is 366 g/mol. The van der Waals surface area contributed by atoms with Crippen LogP contribution in [0.3, 0.4) is 0 Å². The van der Waals surface area contributed by atoms with Crippen molar-refractivity contribution in [3.8, 4) is 0 Å². The number of ether oxygens (including phenoxy) is 2. The van der Waals surface area contributed by atoms with E-state index >= 15 is 0 Å². The predicted octanol–water partition coefficient (Wildman–Crippen LogP) is 3.35. The molecule has 1 aliphatic heterocycles. The summed E-state index contributed by atoms with van der Waals surface area (Å²) in [5.74, 6) is -0.681. The van der Waals surface area contributed by atoms with Crippen LogP contribution in [0.1, 0.15) is 44.0 Å². The molecule has 0 atom stereocenters. The van der Waals surface area contributed by atoms with Gasteiger partial charge in [0.25, 0.3) is 0 Å². The summed E-state index contributed by atoms with van der Waals surface area (Å²) >= 11 is 0. The van der Waals surface area contributed by atoms with Crippen molar-refractivity contribution < 1.29 is 23.5 Å². The number of esters is 1. The molecule has 0 aliphatic carbocycles. The third-order valence-electron chi connectivity index (χ3n) is 4.25. The van der Waals surface area contributed by atoms with Crippen LogP contribution >= 0.6 is 0 Å². The maximum Gasteiger partial charge on any atom is 0.407 e. The Kier molecular flexibility index (Phi) is 6.45. The maximum atomic E-state index is 13.5. The van der Waals surface area contributed by atoms with E-state index in [1.54, 1.807) is 6.07 Å². The molecule has 2 rings (SSSR count). The molecule has 1 amide bonds. The summed E-state index contributed by atoms with van der Waals surface area (Å²) in [5.41, 5.74) is 0.398. The first kappa shape index (κ1) is 20.0. The highest BCUT2D eigenvalue weighted by Crippen LogP contribution is 2.27. The second kappa shape index (κ2) is 8.38. The van der Waals surface area contributed by atoms with Crippen molar-refractivity contribution in [2.24, 2.45) is 5.92 Å². The smallest absolute Gasteiger partial charge is 0.407 e. The fourth-order valence-electron chi connectivity index (χ4n) is 2.98.